The summed E-state index contributed by atoms with van der Waals surface area (Å²) in [5.41, 5.74) is 5.95. The number of carbonyl (C=O) groups excluding carboxylic acids is 1. The molecule has 2 rings (SSSR count). The van der Waals surface area contributed by atoms with Crippen LogP contribution in [0.5, 0.6) is 0 Å². The highest BCUT2D eigenvalue weighted by Crippen LogP contribution is 2.20. The van der Waals surface area contributed by atoms with E-state index >= 15 is 0 Å². The molecule has 0 aromatic carbocycles. The Morgan fingerprint density at radius 1 is 1.50 bits per heavy atom. The van der Waals surface area contributed by atoms with Crippen molar-refractivity contribution in [3.63, 3.8) is 0 Å². The largest absolute Gasteiger partial charge is 0.378 e. The van der Waals surface area contributed by atoms with E-state index in [1.165, 1.54) is 6.20 Å². The van der Waals surface area contributed by atoms with Crippen LogP contribution in [0.4, 0.5) is 0 Å². The van der Waals surface area contributed by atoms with Crippen molar-refractivity contribution in [3.05, 3.63) is 29.0 Å². The van der Waals surface area contributed by atoms with E-state index < -0.39 is 0 Å². The third-order valence-electron chi connectivity index (χ3n) is 3.43. The molecule has 2 N–H and O–H groups in total. The Hall–Kier alpha value is -1.17. The van der Waals surface area contributed by atoms with Gasteiger partial charge in [0.2, 0.25) is 0 Å². The van der Waals surface area contributed by atoms with E-state index in [1.54, 1.807) is 12.3 Å². The van der Waals surface area contributed by atoms with Crippen LogP contribution >= 0.6 is 11.6 Å². The summed E-state index contributed by atoms with van der Waals surface area (Å²) in [6.07, 6.45) is 5.92. The van der Waals surface area contributed by atoms with Crippen molar-refractivity contribution < 1.29 is 9.53 Å². The predicted molar refractivity (Wildman–Crippen MR) is 77.8 cm³/mol. The van der Waals surface area contributed by atoms with Gasteiger partial charge in [-0.05, 0) is 31.9 Å². The van der Waals surface area contributed by atoms with E-state index in [2.05, 4.69) is 4.98 Å². The van der Waals surface area contributed by atoms with Crippen molar-refractivity contribution in [3.8, 4) is 0 Å². The minimum absolute atomic E-state index is 0.0298. The van der Waals surface area contributed by atoms with Gasteiger partial charge >= 0.3 is 0 Å². The van der Waals surface area contributed by atoms with Crippen molar-refractivity contribution in [1.29, 1.82) is 0 Å². The molecule has 5 nitrogen and oxygen atoms in total. The summed E-state index contributed by atoms with van der Waals surface area (Å²) >= 11 is 6.00. The molecule has 1 aliphatic heterocycles. The number of likely N-dealkylation sites (tertiary alicyclic amines) is 1. The average molecular weight is 298 g/mol. The number of pyridine rings is 1. The SMILES string of the molecule is NCCCOC1CCN(C(=O)c2ccncc2Cl)CC1. The summed E-state index contributed by atoms with van der Waals surface area (Å²) in [6.45, 7) is 2.75. The average Bonchev–Trinajstić information content (AvgIpc) is 2.48. The molecule has 20 heavy (non-hydrogen) atoms. The number of aromatic nitrogens is 1. The first-order chi connectivity index (χ1) is 9.72. The van der Waals surface area contributed by atoms with E-state index in [0.29, 0.717) is 36.8 Å². The van der Waals surface area contributed by atoms with Crippen LogP contribution in [0.3, 0.4) is 0 Å². The minimum Gasteiger partial charge on any atom is -0.378 e. The molecule has 0 atom stereocenters. The zero-order valence-corrected chi connectivity index (χ0v) is 12.2. The van der Waals surface area contributed by atoms with Gasteiger partial charge in [-0.2, -0.15) is 0 Å². The summed E-state index contributed by atoms with van der Waals surface area (Å²) in [6, 6.07) is 1.66. The van der Waals surface area contributed by atoms with Crippen LogP contribution in [0.25, 0.3) is 0 Å². The topological polar surface area (TPSA) is 68.5 Å². The molecule has 0 radical (unpaired) electrons. The van der Waals surface area contributed by atoms with Crippen LogP contribution in [0.1, 0.15) is 29.6 Å². The molecular weight excluding hydrogens is 278 g/mol. The number of hydrogen-bond donors (Lipinski definition) is 1. The lowest BCUT2D eigenvalue weighted by Gasteiger charge is -2.32. The second-order valence-electron chi connectivity index (χ2n) is 4.86. The fraction of sp³-hybridized carbons (Fsp3) is 0.571. The van der Waals surface area contributed by atoms with Gasteiger partial charge in [-0.3, -0.25) is 9.78 Å². The van der Waals surface area contributed by atoms with Crippen LogP contribution in [-0.2, 0) is 4.74 Å². The summed E-state index contributed by atoms with van der Waals surface area (Å²) in [5.74, 6) is -0.0298. The van der Waals surface area contributed by atoms with E-state index in [1.807, 2.05) is 4.90 Å². The first-order valence-electron chi connectivity index (χ1n) is 6.93. The molecule has 1 aromatic rings. The number of hydrogen-bond acceptors (Lipinski definition) is 4. The second-order valence-corrected chi connectivity index (χ2v) is 5.27. The van der Waals surface area contributed by atoms with Gasteiger partial charge in [0.1, 0.15) is 0 Å². The molecule has 1 fully saturated rings. The summed E-state index contributed by atoms with van der Waals surface area (Å²) in [7, 11) is 0. The van der Waals surface area contributed by atoms with Gasteiger partial charge in [0.15, 0.2) is 0 Å². The Morgan fingerprint density at radius 3 is 2.90 bits per heavy atom. The van der Waals surface area contributed by atoms with Gasteiger partial charge < -0.3 is 15.4 Å². The van der Waals surface area contributed by atoms with Crippen molar-refractivity contribution in [2.24, 2.45) is 5.73 Å². The lowest BCUT2D eigenvalue weighted by Crippen LogP contribution is -2.41. The Balaban J connectivity index is 1.85. The van der Waals surface area contributed by atoms with E-state index in [4.69, 9.17) is 22.1 Å². The molecule has 6 heteroatoms. The molecule has 2 heterocycles. The Bertz CT molecular complexity index is 448. The number of halogens is 1. The summed E-state index contributed by atoms with van der Waals surface area (Å²) < 4.78 is 5.73. The molecule has 0 saturated carbocycles. The monoisotopic (exact) mass is 297 g/mol. The van der Waals surface area contributed by atoms with Gasteiger partial charge in [0.05, 0.1) is 16.7 Å². The smallest absolute Gasteiger partial charge is 0.255 e. The van der Waals surface area contributed by atoms with Crippen LogP contribution in [0, 0.1) is 0 Å². The highest BCUT2D eigenvalue weighted by molar-refractivity contribution is 6.33. The van der Waals surface area contributed by atoms with Gasteiger partial charge in [-0.1, -0.05) is 11.6 Å². The second kappa shape index (κ2) is 7.57. The molecule has 110 valence electrons. The molecule has 1 aromatic heterocycles. The van der Waals surface area contributed by atoms with Gasteiger partial charge in [-0.15, -0.1) is 0 Å². The lowest BCUT2D eigenvalue weighted by atomic mass is 10.1. The van der Waals surface area contributed by atoms with Crippen LogP contribution in [0.2, 0.25) is 5.02 Å². The number of amides is 1. The maximum absolute atomic E-state index is 12.3. The number of rotatable bonds is 5. The maximum atomic E-state index is 12.3. The quantitative estimate of drug-likeness (QED) is 0.840. The number of piperidine rings is 1. The molecule has 0 unspecified atom stereocenters. The summed E-state index contributed by atoms with van der Waals surface area (Å²) in [5, 5.41) is 0.402. The highest BCUT2D eigenvalue weighted by Gasteiger charge is 2.25. The zero-order chi connectivity index (χ0) is 14.4. The third kappa shape index (κ3) is 3.91. The summed E-state index contributed by atoms with van der Waals surface area (Å²) in [4.78, 5) is 18.1. The number of nitrogens with zero attached hydrogens (tertiary/aromatic N) is 2. The van der Waals surface area contributed by atoms with Crippen LogP contribution < -0.4 is 5.73 Å². The van der Waals surface area contributed by atoms with Gasteiger partial charge in [-0.25, -0.2) is 0 Å². The van der Waals surface area contributed by atoms with Crippen LogP contribution in [-0.4, -0.2) is 48.1 Å². The first-order valence-corrected chi connectivity index (χ1v) is 7.30. The van der Waals surface area contributed by atoms with E-state index in [-0.39, 0.29) is 12.0 Å². The lowest BCUT2D eigenvalue weighted by molar-refractivity contribution is 0.00845. The van der Waals surface area contributed by atoms with E-state index in [0.717, 1.165) is 19.3 Å². The molecule has 1 amide bonds. The normalized spacial score (nSPS) is 16.4. The van der Waals surface area contributed by atoms with E-state index in [9.17, 15) is 4.79 Å². The Morgan fingerprint density at radius 2 is 2.25 bits per heavy atom. The van der Waals surface area contributed by atoms with Crippen molar-refractivity contribution >= 4 is 17.5 Å². The Labute approximate surface area is 124 Å². The molecule has 1 saturated heterocycles. The molecule has 0 bridgehead atoms. The number of ether oxygens (including phenoxy) is 1. The number of nitrogens with two attached hydrogens (primary N) is 1. The molecular formula is C14H20ClN3O2. The van der Waals surface area contributed by atoms with Crippen molar-refractivity contribution in [2.45, 2.75) is 25.4 Å². The first kappa shape index (κ1) is 15.2. The fourth-order valence-corrected chi connectivity index (χ4v) is 2.48. The van der Waals surface area contributed by atoms with Gasteiger partial charge in [0, 0.05) is 32.1 Å². The van der Waals surface area contributed by atoms with Crippen LogP contribution in [0.15, 0.2) is 18.5 Å². The van der Waals surface area contributed by atoms with Gasteiger partial charge in [0.25, 0.3) is 5.91 Å². The maximum Gasteiger partial charge on any atom is 0.255 e. The molecule has 1 aliphatic rings. The minimum atomic E-state index is -0.0298. The van der Waals surface area contributed by atoms with Crippen molar-refractivity contribution in [1.82, 2.24) is 9.88 Å². The molecule has 0 aliphatic carbocycles. The number of carbonyl (C=O) groups is 1. The fourth-order valence-electron chi connectivity index (χ4n) is 2.28. The predicted octanol–water partition coefficient (Wildman–Crippen LogP) is 1.71. The Kier molecular flexibility index (Phi) is 5.76. The standard InChI is InChI=1S/C14H20ClN3O2/c15-13-10-17-6-2-12(13)14(19)18-7-3-11(4-8-18)20-9-1-5-16/h2,6,10-11H,1,3-5,7-9,16H2. The molecule has 0 spiro atoms. The third-order valence-corrected chi connectivity index (χ3v) is 3.74. The zero-order valence-electron chi connectivity index (χ0n) is 11.4. The van der Waals surface area contributed by atoms with Crippen molar-refractivity contribution in [2.75, 3.05) is 26.2 Å². The highest BCUT2D eigenvalue weighted by atomic mass is 35.5.